The molecule has 1 N–H and O–H groups in total. The van der Waals surface area contributed by atoms with Crippen LogP contribution in [0.5, 0.6) is 0 Å². The van der Waals surface area contributed by atoms with E-state index in [1.54, 1.807) is 31.2 Å². The minimum Gasteiger partial charge on any atom is -0.382 e. The monoisotopic (exact) mass is 250 g/mol. The van der Waals surface area contributed by atoms with Crippen molar-refractivity contribution in [3.63, 3.8) is 0 Å². The summed E-state index contributed by atoms with van der Waals surface area (Å²) in [6.45, 7) is 1.69. The van der Waals surface area contributed by atoms with Gasteiger partial charge in [0.25, 0.3) is 0 Å². The Kier molecular flexibility index (Phi) is 2.61. The second-order valence-electron chi connectivity index (χ2n) is 5.01. The van der Waals surface area contributed by atoms with Crippen molar-refractivity contribution in [3.05, 3.63) is 69.9 Å². The highest BCUT2D eigenvalue weighted by molar-refractivity contribution is 5.85. The van der Waals surface area contributed by atoms with Crippen LogP contribution in [0.25, 0.3) is 22.9 Å². The minimum atomic E-state index is -1.01. The molecule has 0 bridgehead atoms. The van der Waals surface area contributed by atoms with Gasteiger partial charge < -0.3 is 5.11 Å². The average molecular weight is 250 g/mol. The molecule has 2 aromatic rings. The van der Waals surface area contributed by atoms with Crippen molar-refractivity contribution in [1.82, 2.24) is 0 Å². The van der Waals surface area contributed by atoms with Crippen molar-refractivity contribution in [2.24, 2.45) is 0 Å². The molecule has 0 heterocycles. The number of fused-ring (bicyclic) bond motifs is 2. The van der Waals surface area contributed by atoms with Crippen molar-refractivity contribution in [2.45, 2.75) is 12.5 Å². The molecule has 0 saturated carbocycles. The lowest BCUT2D eigenvalue weighted by Crippen LogP contribution is -2.15. The van der Waals surface area contributed by atoms with Gasteiger partial charge in [-0.3, -0.25) is 4.79 Å². The molecule has 1 aliphatic carbocycles. The molecule has 19 heavy (non-hydrogen) atoms. The molecule has 1 atom stereocenters. The Morgan fingerprint density at radius 2 is 1.74 bits per heavy atom. The summed E-state index contributed by atoms with van der Waals surface area (Å²) in [4.78, 5) is 12.6. The van der Waals surface area contributed by atoms with Crippen molar-refractivity contribution < 1.29 is 5.11 Å². The predicted octanol–water partition coefficient (Wildman–Crippen LogP) is 2.99. The number of rotatable bonds is 0. The fraction of sp³-hybridized carbons (Fsp3) is 0.118. The van der Waals surface area contributed by atoms with Gasteiger partial charge in [-0.2, -0.15) is 0 Å². The van der Waals surface area contributed by atoms with Crippen LogP contribution in [0.3, 0.4) is 0 Å². The number of aliphatic hydroxyl groups is 1. The van der Waals surface area contributed by atoms with Gasteiger partial charge in [0.2, 0.25) is 0 Å². The lowest BCUT2D eigenvalue weighted by molar-refractivity contribution is 0.166. The zero-order valence-corrected chi connectivity index (χ0v) is 10.6. The normalized spacial score (nSPS) is 21.2. The summed E-state index contributed by atoms with van der Waals surface area (Å²) in [5.41, 5.74) is 0.430. The molecule has 0 spiro atoms. The predicted molar refractivity (Wildman–Crippen MR) is 78.9 cm³/mol. The smallest absolute Gasteiger partial charge is 0.194 e. The molecule has 94 valence electrons. The molecule has 2 aromatic carbocycles. The molecule has 3 rings (SSSR count). The summed E-state index contributed by atoms with van der Waals surface area (Å²) in [5, 5.41) is 11.6. The van der Waals surface area contributed by atoms with Gasteiger partial charge in [-0.15, -0.1) is 0 Å². The third-order valence-corrected chi connectivity index (χ3v) is 3.39. The summed E-state index contributed by atoms with van der Waals surface area (Å²) in [5.74, 6) is 0. The Labute approximate surface area is 111 Å². The molecule has 0 aliphatic heterocycles. The van der Waals surface area contributed by atoms with Gasteiger partial charge in [-0.25, -0.2) is 0 Å². The Morgan fingerprint density at radius 1 is 1.00 bits per heavy atom. The lowest BCUT2D eigenvalue weighted by atomic mass is 10.1. The van der Waals surface area contributed by atoms with E-state index in [2.05, 4.69) is 0 Å². The van der Waals surface area contributed by atoms with E-state index >= 15 is 0 Å². The van der Waals surface area contributed by atoms with E-state index in [0.29, 0.717) is 10.9 Å². The Balaban J connectivity index is 2.42. The molecule has 0 saturated heterocycles. The van der Waals surface area contributed by atoms with Crippen LogP contribution in [-0.4, -0.2) is 10.7 Å². The van der Waals surface area contributed by atoms with Crippen molar-refractivity contribution in [3.8, 4) is 0 Å². The topological polar surface area (TPSA) is 37.3 Å². The Morgan fingerprint density at radius 3 is 2.58 bits per heavy atom. The molecule has 2 nitrogen and oxygen atoms in total. The summed E-state index contributed by atoms with van der Waals surface area (Å²) >= 11 is 0. The van der Waals surface area contributed by atoms with Gasteiger partial charge in [0, 0.05) is 10.9 Å². The van der Waals surface area contributed by atoms with Crippen LogP contribution in [-0.2, 0) is 0 Å². The fourth-order valence-corrected chi connectivity index (χ4v) is 2.28. The summed E-state index contributed by atoms with van der Waals surface area (Å²) in [6.07, 6.45) is 6.85. The summed E-state index contributed by atoms with van der Waals surface area (Å²) in [7, 11) is 0. The number of benzene rings is 1. The van der Waals surface area contributed by atoms with Crippen molar-refractivity contribution in [2.75, 3.05) is 0 Å². The van der Waals surface area contributed by atoms with Crippen LogP contribution in [0.15, 0.2) is 53.3 Å². The van der Waals surface area contributed by atoms with Crippen molar-refractivity contribution >= 4 is 22.9 Å². The molecule has 0 fully saturated rings. The summed E-state index contributed by atoms with van der Waals surface area (Å²) < 4.78 is 0. The molecule has 0 radical (unpaired) electrons. The van der Waals surface area contributed by atoms with Crippen molar-refractivity contribution in [1.29, 1.82) is 0 Å². The highest BCUT2D eigenvalue weighted by Gasteiger charge is 2.15. The van der Waals surface area contributed by atoms with Gasteiger partial charge in [0.1, 0.15) is 0 Å². The molecule has 1 unspecified atom stereocenters. The minimum absolute atomic E-state index is 0.00537. The first-order chi connectivity index (χ1) is 9.07. The van der Waals surface area contributed by atoms with Crippen LogP contribution >= 0.6 is 0 Å². The van der Waals surface area contributed by atoms with E-state index in [4.69, 9.17) is 0 Å². The van der Waals surface area contributed by atoms with Gasteiger partial charge >= 0.3 is 0 Å². The Bertz CT molecular complexity index is 768. The molecular weight excluding hydrogens is 236 g/mol. The van der Waals surface area contributed by atoms with E-state index in [1.807, 2.05) is 36.4 Å². The number of hydrogen-bond acceptors (Lipinski definition) is 2. The second-order valence-corrected chi connectivity index (χ2v) is 5.01. The second kappa shape index (κ2) is 4.18. The van der Waals surface area contributed by atoms with E-state index in [9.17, 15) is 9.90 Å². The van der Waals surface area contributed by atoms with Gasteiger partial charge in [0.05, 0.1) is 5.60 Å². The third-order valence-electron chi connectivity index (χ3n) is 3.39. The molecule has 0 aromatic heterocycles. The van der Waals surface area contributed by atoms with Gasteiger partial charge in [-0.05, 0) is 30.0 Å². The first-order valence-corrected chi connectivity index (χ1v) is 6.24. The zero-order valence-electron chi connectivity index (χ0n) is 10.6. The standard InChI is InChI=1S/C17H14O2/c1-17(19)10-8-13-7-6-12-4-2-3-5-14(12)16(18)15(13)9-11-17/h2-11,19H,1H3. The maximum atomic E-state index is 12.6. The lowest BCUT2D eigenvalue weighted by Gasteiger charge is -2.10. The maximum absolute atomic E-state index is 12.6. The fourth-order valence-electron chi connectivity index (χ4n) is 2.28. The largest absolute Gasteiger partial charge is 0.382 e. The Hall–Kier alpha value is -2.19. The third kappa shape index (κ3) is 2.11. The average Bonchev–Trinajstić information content (AvgIpc) is 2.62. The SMILES string of the molecule is CC1(O)C=Cc2ccc3ccccc3c(=O)c2C=C1. The van der Waals surface area contributed by atoms with Crippen LogP contribution in [0, 0.1) is 0 Å². The molecule has 2 heteroatoms. The zero-order chi connectivity index (χ0) is 13.5. The van der Waals surface area contributed by atoms with E-state index < -0.39 is 5.60 Å². The maximum Gasteiger partial charge on any atom is 0.194 e. The quantitative estimate of drug-likeness (QED) is 0.780. The first kappa shape index (κ1) is 11.9. The molecule has 0 amide bonds. The molecule has 1 aliphatic rings. The van der Waals surface area contributed by atoms with Crippen LogP contribution < -0.4 is 5.43 Å². The van der Waals surface area contributed by atoms with E-state index in [1.165, 1.54) is 0 Å². The number of hydrogen-bond donors (Lipinski definition) is 1. The highest BCUT2D eigenvalue weighted by Crippen LogP contribution is 2.21. The van der Waals surface area contributed by atoms with E-state index in [0.717, 1.165) is 10.9 Å². The summed E-state index contributed by atoms with van der Waals surface area (Å²) in [6, 6.07) is 11.4. The first-order valence-electron chi connectivity index (χ1n) is 6.24. The van der Waals surface area contributed by atoms with Gasteiger partial charge in [0.15, 0.2) is 5.43 Å². The van der Waals surface area contributed by atoms with Crippen LogP contribution in [0.1, 0.15) is 18.1 Å². The van der Waals surface area contributed by atoms with E-state index in [-0.39, 0.29) is 5.43 Å². The molecular formula is C17H14O2. The highest BCUT2D eigenvalue weighted by atomic mass is 16.3. The van der Waals surface area contributed by atoms with Crippen LogP contribution in [0.2, 0.25) is 0 Å². The van der Waals surface area contributed by atoms with Gasteiger partial charge in [-0.1, -0.05) is 48.6 Å². The van der Waals surface area contributed by atoms with Crippen LogP contribution in [0.4, 0.5) is 0 Å².